The van der Waals surface area contributed by atoms with Crippen molar-refractivity contribution in [2.45, 2.75) is 38.7 Å². The van der Waals surface area contributed by atoms with Crippen LogP contribution in [0.1, 0.15) is 30.7 Å². The molecule has 0 saturated heterocycles. The van der Waals surface area contributed by atoms with Crippen LogP contribution in [0.5, 0.6) is 5.75 Å². The Kier molecular flexibility index (Phi) is 8.89. The lowest BCUT2D eigenvalue weighted by atomic mass is 10.1. The van der Waals surface area contributed by atoms with E-state index in [1.165, 1.54) is 12.4 Å². The molecule has 1 aromatic heterocycles. The number of benzene rings is 2. The Morgan fingerprint density at radius 1 is 1.12 bits per heavy atom. The summed E-state index contributed by atoms with van der Waals surface area (Å²) in [6.07, 6.45) is 2.20. The smallest absolute Gasteiger partial charge is 0.324 e. The number of ether oxygens (including phenoxy) is 2. The number of halogens is 4. The highest BCUT2D eigenvalue weighted by atomic mass is 35.5. The average Bonchev–Trinajstić information content (AvgIpc) is 2.80. The lowest BCUT2D eigenvalue weighted by Crippen LogP contribution is -2.20. The van der Waals surface area contributed by atoms with Gasteiger partial charge in [-0.3, -0.25) is 4.79 Å². The molecule has 1 atom stereocenters. The highest BCUT2D eigenvalue weighted by Crippen LogP contribution is 2.32. The van der Waals surface area contributed by atoms with E-state index in [-0.39, 0.29) is 25.2 Å². The Morgan fingerprint density at radius 2 is 1.91 bits per heavy atom. The summed E-state index contributed by atoms with van der Waals surface area (Å²) >= 11 is 18.7. The molecule has 0 aliphatic carbocycles. The first-order chi connectivity index (χ1) is 15.8. The molecule has 0 saturated carbocycles. The van der Waals surface area contributed by atoms with E-state index in [1.54, 1.807) is 37.3 Å². The Morgan fingerprint density at radius 3 is 2.61 bits per heavy atom. The number of nitrogens with zero attached hydrogens (tertiary/aromatic N) is 2. The zero-order chi connectivity index (χ0) is 24.0. The number of aryl methyl sites for hydroxylation is 1. The van der Waals surface area contributed by atoms with Crippen LogP contribution in [-0.4, -0.2) is 27.9 Å². The van der Waals surface area contributed by atoms with Crippen molar-refractivity contribution in [3.8, 4) is 17.0 Å². The molecule has 0 amide bonds. The van der Waals surface area contributed by atoms with Gasteiger partial charge in [-0.1, -0.05) is 42.3 Å². The molecule has 0 N–H and O–H groups in total. The zero-order valence-electron chi connectivity index (χ0n) is 18.1. The summed E-state index contributed by atoms with van der Waals surface area (Å²) in [4.78, 5) is 20.0. The number of esters is 1. The van der Waals surface area contributed by atoms with E-state index in [0.717, 1.165) is 5.56 Å². The number of carbonyl (C=O) groups is 1. The highest BCUT2D eigenvalue weighted by molar-refractivity contribution is 6.33. The van der Waals surface area contributed by atoms with Crippen LogP contribution >= 0.6 is 34.8 Å². The van der Waals surface area contributed by atoms with E-state index in [1.807, 2.05) is 6.92 Å². The average molecular weight is 512 g/mol. The topological polar surface area (TPSA) is 61.3 Å². The van der Waals surface area contributed by atoms with Crippen LogP contribution in [0.25, 0.3) is 11.3 Å². The Labute approximate surface area is 206 Å². The summed E-state index contributed by atoms with van der Waals surface area (Å²) in [5, 5.41) is -0.0268. The second kappa shape index (κ2) is 11.6. The molecule has 3 aromatic rings. The second-order valence-electron chi connectivity index (χ2n) is 7.12. The lowest BCUT2D eigenvalue weighted by molar-refractivity contribution is -0.142. The predicted octanol–water partition coefficient (Wildman–Crippen LogP) is 6.44. The van der Waals surface area contributed by atoms with Gasteiger partial charge in [-0.15, -0.1) is 11.6 Å². The molecule has 0 radical (unpaired) electrons. The van der Waals surface area contributed by atoms with E-state index >= 15 is 0 Å². The van der Waals surface area contributed by atoms with Gasteiger partial charge in [0.15, 0.2) is 0 Å². The van der Waals surface area contributed by atoms with Gasteiger partial charge in [0.2, 0.25) is 0 Å². The molecule has 1 unspecified atom stereocenters. The minimum Gasteiger partial charge on any atom is -0.489 e. The molecule has 1 heterocycles. The summed E-state index contributed by atoms with van der Waals surface area (Å²) in [6.45, 7) is 4.05. The SMILES string of the molecule is CCOC(=O)C(Cl)Cc1cc(COc2ccc(-c3ncnc(CC)c3Cl)c(F)c2)ccc1Cl. The molecule has 0 fully saturated rings. The van der Waals surface area contributed by atoms with Crippen LogP contribution in [0.4, 0.5) is 4.39 Å². The van der Waals surface area contributed by atoms with Crippen molar-refractivity contribution in [1.82, 2.24) is 9.97 Å². The van der Waals surface area contributed by atoms with Crippen LogP contribution < -0.4 is 4.74 Å². The maximum absolute atomic E-state index is 14.8. The molecule has 0 spiro atoms. The molecule has 0 aliphatic rings. The lowest BCUT2D eigenvalue weighted by Gasteiger charge is -2.13. The molecule has 174 valence electrons. The predicted molar refractivity (Wildman–Crippen MR) is 128 cm³/mol. The minimum atomic E-state index is -0.845. The van der Waals surface area contributed by atoms with Crippen molar-refractivity contribution >= 4 is 40.8 Å². The van der Waals surface area contributed by atoms with Crippen molar-refractivity contribution in [2.75, 3.05) is 6.61 Å². The summed E-state index contributed by atoms with van der Waals surface area (Å²) in [7, 11) is 0. The maximum atomic E-state index is 14.8. The first-order valence-electron chi connectivity index (χ1n) is 10.3. The molecule has 2 aromatic carbocycles. The van der Waals surface area contributed by atoms with Gasteiger partial charge in [-0.2, -0.15) is 0 Å². The monoisotopic (exact) mass is 510 g/mol. The number of hydrogen-bond donors (Lipinski definition) is 0. The normalized spacial score (nSPS) is 11.8. The van der Waals surface area contributed by atoms with Crippen molar-refractivity contribution in [2.24, 2.45) is 0 Å². The Balaban J connectivity index is 1.72. The molecular formula is C24H22Cl3FN2O3. The third-order valence-electron chi connectivity index (χ3n) is 4.85. The Hall–Kier alpha value is -2.41. The van der Waals surface area contributed by atoms with Crippen LogP contribution in [-0.2, 0) is 29.0 Å². The maximum Gasteiger partial charge on any atom is 0.324 e. The van der Waals surface area contributed by atoms with Crippen LogP contribution in [0.3, 0.4) is 0 Å². The summed E-state index contributed by atoms with van der Waals surface area (Å²) in [5.41, 5.74) is 2.75. The van der Waals surface area contributed by atoms with Crippen LogP contribution in [0.2, 0.25) is 10.0 Å². The number of alkyl halides is 1. The summed E-state index contributed by atoms with van der Waals surface area (Å²) < 4.78 is 25.5. The highest BCUT2D eigenvalue weighted by Gasteiger charge is 2.19. The molecule has 0 bridgehead atoms. The standard InChI is InChI=1S/C24H22Cl3FN2O3/c1-3-21-22(27)23(30-13-29-21)17-7-6-16(11-20(17)28)33-12-14-5-8-18(25)15(9-14)10-19(26)24(31)32-4-2/h5-9,11,13,19H,3-4,10,12H2,1-2H3. The van der Waals surface area contributed by atoms with E-state index in [9.17, 15) is 9.18 Å². The van der Waals surface area contributed by atoms with Gasteiger partial charge in [-0.25, -0.2) is 14.4 Å². The zero-order valence-corrected chi connectivity index (χ0v) is 20.3. The Bertz CT molecular complexity index is 1140. The second-order valence-corrected chi connectivity index (χ2v) is 8.43. The van der Waals surface area contributed by atoms with E-state index in [0.29, 0.717) is 39.2 Å². The number of hydrogen-bond acceptors (Lipinski definition) is 5. The van der Waals surface area contributed by atoms with Gasteiger partial charge in [0.1, 0.15) is 29.9 Å². The largest absolute Gasteiger partial charge is 0.489 e. The van der Waals surface area contributed by atoms with E-state index in [2.05, 4.69) is 9.97 Å². The molecular weight excluding hydrogens is 490 g/mol. The molecule has 5 nitrogen and oxygen atoms in total. The minimum absolute atomic E-state index is 0.170. The quantitative estimate of drug-likeness (QED) is 0.244. The van der Waals surface area contributed by atoms with Gasteiger partial charge >= 0.3 is 5.97 Å². The summed E-state index contributed by atoms with van der Waals surface area (Å²) in [6, 6.07) is 9.80. The molecule has 3 rings (SSSR count). The number of aromatic nitrogens is 2. The van der Waals surface area contributed by atoms with E-state index in [4.69, 9.17) is 44.3 Å². The fraction of sp³-hybridized carbons (Fsp3) is 0.292. The van der Waals surface area contributed by atoms with Crippen LogP contribution in [0.15, 0.2) is 42.7 Å². The third kappa shape index (κ3) is 6.34. The van der Waals surface area contributed by atoms with Gasteiger partial charge in [0, 0.05) is 23.1 Å². The molecule has 0 aliphatic heterocycles. The number of rotatable bonds is 9. The third-order valence-corrected chi connectivity index (χ3v) is 5.95. The van der Waals surface area contributed by atoms with Gasteiger partial charge in [0.05, 0.1) is 23.0 Å². The van der Waals surface area contributed by atoms with Gasteiger partial charge in [-0.05, 0) is 42.7 Å². The van der Waals surface area contributed by atoms with Crippen LogP contribution in [0, 0.1) is 5.82 Å². The first kappa shape index (κ1) is 25.2. The summed E-state index contributed by atoms with van der Waals surface area (Å²) in [5.74, 6) is -0.663. The molecule has 33 heavy (non-hydrogen) atoms. The fourth-order valence-electron chi connectivity index (χ4n) is 3.17. The van der Waals surface area contributed by atoms with Crippen molar-refractivity contribution in [1.29, 1.82) is 0 Å². The van der Waals surface area contributed by atoms with Gasteiger partial charge < -0.3 is 9.47 Å². The number of carbonyl (C=O) groups excluding carboxylic acids is 1. The van der Waals surface area contributed by atoms with Gasteiger partial charge in [0.25, 0.3) is 0 Å². The van der Waals surface area contributed by atoms with Crippen molar-refractivity contribution in [3.63, 3.8) is 0 Å². The first-order valence-corrected chi connectivity index (χ1v) is 11.5. The van der Waals surface area contributed by atoms with Crippen molar-refractivity contribution in [3.05, 3.63) is 75.4 Å². The van der Waals surface area contributed by atoms with Crippen molar-refractivity contribution < 1.29 is 18.7 Å². The van der Waals surface area contributed by atoms with E-state index < -0.39 is 17.2 Å². The molecule has 9 heteroatoms. The fourth-order valence-corrected chi connectivity index (χ4v) is 3.93.